The molecule has 0 saturated carbocycles. The molecule has 23 heavy (non-hydrogen) atoms. The summed E-state index contributed by atoms with van der Waals surface area (Å²) in [6.45, 7) is 8.61. The van der Waals surface area contributed by atoms with Crippen molar-refractivity contribution in [2.45, 2.75) is 46.1 Å². The maximum atomic E-state index is 12.3. The summed E-state index contributed by atoms with van der Waals surface area (Å²) in [6, 6.07) is 0. The molecule has 0 bridgehead atoms. The van der Waals surface area contributed by atoms with Gasteiger partial charge in [0.1, 0.15) is 5.60 Å². The van der Waals surface area contributed by atoms with Gasteiger partial charge in [0.15, 0.2) is 0 Å². The van der Waals surface area contributed by atoms with Gasteiger partial charge in [0.25, 0.3) is 0 Å². The number of hydrogen-bond donors (Lipinski definition) is 1. The first kappa shape index (κ1) is 17.6. The monoisotopic (exact) mass is 326 g/mol. The molecular formula is C16H26N2O5. The number of likely N-dealkylation sites (tertiary alicyclic amines) is 1. The molecule has 130 valence electrons. The molecule has 2 amide bonds. The quantitative estimate of drug-likeness (QED) is 0.774. The van der Waals surface area contributed by atoms with Crippen molar-refractivity contribution in [3.05, 3.63) is 0 Å². The predicted molar refractivity (Wildman–Crippen MR) is 82.6 cm³/mol. The van der Waals surface area contributed by atoms with Crippen LogP contribution in [-0.4, -0.2) is 54.7 Å². The second kappa shape index (κ2) is 6.37. The number of amides is 2. The number of nitrogens with one attached hydrogen (secondary N) is 1. The number of rotatable bonds is 2. The van der Waals surface area contributed by atoms with E-state index in [9.17, 15) is 14.4 Å². The van der Waals surface area contributed by atoms with Crippen molar-refractivity contribution in [2.24, 2.45) is 11.3 Å². The van der Waals surface area contributed by atoms with Crippen LogP contribution in [0.2, 0.25) is 0 Å². The second-order valence-corrected chi connectivity index (χ2v) is 7.14. The predicted octanol–water partition coefficient (Wildman–Crippen LogP) is 1.31. The maximum absolute atomic E-state index is 12.3. The summed E-state index contributed by atoms with van der Waals surface area (Å²) in [7, 11) is 0. The molecule has 2 rings (SSSR count). The summed E-state index contributed by atoms with van der Waals surface area (Å²) < 4.78 is 10.5. The molecular weight excluding hydrogens is 300 g/mol. The molecule has 1 atom stereocenters. The third-order valence-corrected chi connectivity index (χ3v) is 4.46. The fourth-order valence-electron chi connectivity index (χ4n) is 3.27. The molecule has 0 aromatic rings. The van der Waals surface area contributed by atoms with E-state index in [0.29, 0.717) is 39.1 Å². The zero-order valence-electron chi connectivity index (χ0n) is 14.3. The van der Waals surface area contributed by atoms with Crippen LogP contribution >= 0.6 is 0 Å². The molecule has 1 unspecified atom stereocenters. The lowest BCUT2D eigenvalue weighted by atomic mass is 9.70. The van der Waals surface area contributed by atoms with E-state index in [1.165, 1.54) is 0 Å². The van der Waals surface area contributed by atoms with Crippen molar-refractivity contribution >= 4 is 18.0 Å². The van der Waals surface area contributed by atoms with Gasteiger partial charge >= 0.3 is 12.1 Å². The van der Waals surface area contributed by atoms with E-state index in [1.54, 1.807) is 11.8 Å². The fourth-order valence-corrected chi connectivity index (χ4v) is 3.27. The smallest absolute Gasteiger partial charge is 0.410 e. The standard InChI is InChI=1S/C16H26N2O5/c1-5-22-12(19)11-10-17-13(20)16(11)6-8-18(9-7-16)14(21)23-15(2,3)4/h11H,5-10H2,1-4H3,(H,17,20). The van der Waals surface area contributed by atoms with E-state index in [4.69, 9.17) is 9.47 Å². The van der Waals surface area contributed by atoms with Crippen molar-refractivity contribution in [1.29, 1.82) is 0 Å². The first-order chi connectivity index (χ1) is 10.7. The van der Waals surface area contributed by atoms with E-state index < -0.39 is 16.9 Å². The zero-order valence-corrected chi connectivity index (χ0v) is 14.3. The highest BCUT2D eigenvalue weighted by Gasteiger charge is 2.55. The number of piperidine rings is 1. The Morgan fingerprint density at radius 3 is 2.43 bits per heavy atom. The Bertz CT molecular complexity index is 489. The van der Waals surface area contributed by atoms with Crippen molar-refractivity contribution in [2.75, 3.05) is 26.2 Å². The van der Waals surface area contributed by atoms with E-state index in [-0.39, 0.29) is 18.0 Å². The zero-order chi connectivity index (χ0) is 17.3. The lowest BCUT2D eigenvalue weighted by Gasteiger charge is -2.40. The number of carbonyl (C=O) groups is 3. The van der Waals surface area contributed by atoms with Gasteiger partial charge in [0, 0.05) is 19.6 Å². The van der Waals surface area contributed by atoms with Gasteiger partial charge in [-0.25, -0.2) is 4.79 Å². The van der Waals surface area contributed by atoms with Gasteiger partial charge in [-0.05, 0) is 40.5 Å². The van der Waals surface area contributed by atoms with Crippen LogP contribution in [0.1, 0.15) is 40.5 Å². The van der Waals surface area contributed by atoms with Crippen molar-refractivity contribution in [3.8, 4) is 0 Å². The number of esters is 1. The molecule has 0 aliphatic carbocycles. The van der Waals surface area contributed by atoms with Crippen LogP contribution in [0, 0.1) is 11.3 Å². The first-order valence-corrected chi connectivity index (χ1v) is 8.12. The Hall–Kier alpha value is -1.79. The molecule has 0 aromatic carbocycles. The minimum Gasteiger partial charge on any atom is -0.466 e. The van der Waals surface area contributed by atoms with Gasteiger partial charge in [0.05, 0.1) is 17.9 Å². The largest absolute Gasteiger partial charge is 0.466 e. The second-order valence-electron chi connectivity index (χ2n) is 7.14. The highest BCUT2D eigenvalue weighted by Crippen LogP contribution is 2.43. The molecule has 7 heteroatoms. The molecule has 2 fully saturated rings. The highest BCUT2D eigenvalue weighted by molar-refractivity contribution is 5.92. The van der Waals surface area contributed by atoms with Gasteiger partial charge in [-0.3, -0.25) is 9.59 Å². The van der Waals surface area contributed by atoms with E-state index in [0.717, 1.165) is 0 Å². The van der Waals surface area contributed by atoms with Crippen LogP contribution in [0.3, 0.4) is 0 Å². The fraction of sp³-hybridized carbons (Fsp3) is 0.812. The summed E-state index contributed by atoms with van der Waals surface area (Å²) in [5, 5.41) is 2.78. The Morgan fingerprint density at radius 2 is 1.91 bits per heavy atom. The van der Waals surface area contributed by atoms with Crippen LogP contribution in [0.15, 0.2) is 0 Å². The van der Waals surface area contributed by atoms with E-state index >= 15 is 0 Å². The van der Waals surface area contributed by atoms with Gasteiger partial charge < -0.3 is 19.7 Å². The molecule has 2 saturated heterocycles. The molecule has 0 radical (unpaired) electrons. The average Bonchev–Trinajstić information content (AvgIpc) is 2.75. The molecule has 1 spiro atoms. The molecule has 2 aliphatic heterocycles. The highest BCUT2D eigenvalue weighted by atomic mass is 16.6. The maximum Gasteiger partial charge on any atom is 0.410 e. The lowest BCUT2D eigenvalue weighted by molar-refractivity contribution is -0.155. The van der Waals surface area contributed by atoms with Crippen molar-refractivity contribution in [3.63, 3.8) is 0 Å². The third-order valence-electron chi connectivity index (χ3n) is 4.46. The molecule has 7 nitrogen and oxygen atoms in total. The van der Waals surface area contributed by atoms with Gasteiger partial charge in [-0.15, -0.1) is 0 Å². The molecule has 2 heterocycles. The summed E-state index contributed by atoms with van der Waals surface area (Å²) in [4.78, 5) is 38.2. The first-order valence-electron chi connectivity index (χ1n) is 8.12. The SMILES string of the molecule is CCOC(=O)C1CNC(=O)C12CCN(C(=O)OC(C)(C)C)CC2. The van der Waals surface area contributed by atoms with Crippen LogP contribution in [-0.2, 0) is 19.1 Å². The number of nitrogens with zero attached hydrogens (tertiary/aromatic N) is 1. The summed E-state index contributed by atoms with van der Waals surface area (Å²) in [6.07, 6.45) is 0.516. The van der Waals surface area contributed by atoms with Crippen LogP contribution in [0.25, 0.3) is 0 Å². The molecule has 2 aliphatic rings. The van der Waals surface area contributed by atoms with E-state index in [1.807, 2.05) is 20.8 Å². The van der Waals surface area contributed by atoms with Crippen LogP contribution in [0.5, 0.6) is 0 Å². The Labute approximate surface area is 136 Å². The number of carbonyl (C=O) groups excluding carboxylic acids is 3. The third kappa shape index (κ3) is 3.59. The van der Waals surface area contributed by atoms with Crippen molar-refractivity contribution in [1.82, 2.24) is 10.2 Å². The topological polar surface area (TPSA) is 84.9 Å². The Morgan fingerprint density at radius 1 is 1.30 bits per heavy atom. The summed E-state index contributed by atoms with van der Waals surface area (Å²) in [5.41, 5.74) is -1.31. The molecule has 1 N–H and O–H groups in total. The average molecular weight is 326 g/mol. The van der Waals surface area contributed by atoms with E-state index in [2.05, 4.69) is 5.32 Å². The minimum absolute atomic E-state index is 0.112. The summed E-state index contributed by atoms with van der Waals surface area (Å²) in [5.74, 6) is -0.924. The summed E-state index contributed by atoms with van der Waals surface area (Å²) >= 11 is 0. The number of ether oxygens (including phenoxy) is 2. The van der Waals surface area contributed by atoms with Gasteiger partial charge in [0.2, 0.25) is 5.91 Å². The lowest BCUT2D eigenvalue weighted by Crippen LogP contribution is -2.50. The van der Waals surface area contributed by atoms with Gasteiger partial charge in [-0.2, -0.15) is 0 Å². The Balaban J connectivity index is 2.04. The Kier molecular flexibility index (Phi) is 4.87. The van der Waals surface area contributed by atoms with Crippen molar-refractivity contribution < 1.29 is 23.9 Å². The minimum atomic E-state index is -0.759. The number of hydrogen-bond acceptors (Lipinski definition) is 5. The molecule has 0 aromatic heterocycles. The van der Waals surface area contributed by atoms with Gasteiger partial charge in [-0.1, -0.05) is 0 Å². The van der Waals surface area contributed by atoms with Crippen LogP contribution in [0.4, 0.5) is 4.79 Å². The van der Waals surface area contributed by atoms with Crippen LogP contribution < -0.4 is 5.32 Å². The normalized spacial score (nSPS) is 23.6.